The number of anilines is 1. The highest BCUT2D eigenvalue weighted by molar-refractivity contribution is 7.99. The van der Waals surface area contributed by atoms with Gasteiger partial charge in [0.25, 0.3) is 23.6 Å². The Kier molecular flexibility index (Phi) is 8.22. The van der Waals surface area contributed by atoms with Crippen LogP contribution in [0.4, 0.5) is 5.69 Å². The number of benzene rings is 5. The summed E-state index contributed by atoms with van der Waals surface area (Å²) in [4.78, 5) is 77.5. The van der Waals surface area contributed by atoms with E-state index in [1.54, 1.807) is 66.4 Å². The predicted octanol–water partition coefficient (Wildman–Crippen LogP) is 8.54. The number of hydrogen-bond acceptors (Lipinski definition) is 8. The van der Waals surface area contributed by atoms with Gasteiger partial charge in [0.15, 0.2) is 5.78 Å². The van der Waals surface area contributed by atoms with Crippen LogP contribution in [-0.2, 0) is 6.54 Å². The number of rotatable bonds is 8. The molecule has 11 heteroatoms. The minimum atomic E-state index is -1.17. The van der Waals surface area contributed by atoms with Gasteiger partial charge in [0.1, 0.15) is 0 Å². The van der Waals surface area contributed by atoms with Crippen LogP contribution in [0, 0.1) is 0 Å². The van der Waals surface area contributed by atoms with Gasteiger partial charge >= 0.3 is 0 Å². The molecule has 1 N–H and O–H groups in total. The van der Waals surface area contributed by atoms with Crippen LogP contribution < -0.4 is 4.90 Å². The summed E-state index contributed by atoms with van der Waals surface area (Å²) in [6.07, 6.45) is 0.917. The van der Waals surface area contributed by atoms with Gasteiger partial charge in [-0.3, -0.25) is 28.9 Å². The van der Waals surface area contributed by atoms with E-state index in [0.717, 1.165) is 33.8 Å². The van der Waals surface area contributed by atoms with Crippen molar-refractivity contribution >= 4 is 80.1 Å². The maximum absolute atomic E-state index is 14.0. The van der Waals surface area contributed by atoms with Crippen molar-refractivity contribution in [1.29, 1.82) is 0 Å². The summed E-state index contributed by atoms with van der Waals surface area (Å²) in [6.45, 7) is 1.99. The first-order valence-electron chi connectivity index (χ1n) is 17.6. The molecule has 3 aliphatic rings. The van der Waals surface area contributed by atoms with Crippen LogP contribution in [0.2, 0.25) is 5.02 Å². The van der Waals surface area contributed by atoms with Crippen LogP contribution in [0.5, 0.6) is 0 Å². The summed E-state index contributed by atoms with van der Waals surface area (Å²) in [6, 6.07) is 27.2. The van der Waals surface area contributed by atoms with Crippen molar-refractivity contribution < 1.29 is 29.1 Å². The third-order valence-corrected chi connectivity index (χ3v) is 11.8. The van der Waals surface area contributed by atoms with E-state index in [1.165, 1.54) is 23.1 Å². The molecule has 2 aliphatic heterocycles. The fourth-order valence-corrected chi connectivity index (χ4v) is 9.02. The Labute approximate surface area is 318 Å². The van der Waals surface area contributed by atoms with Crippen LogP contribution in [0.15, 0.2) is 102 Å². The number of amides is 4. The number of halogens is 1. The minimum absolute atomic E-state index is 0.132. The summed E-state index contributed by atoms with van der Waals surface area (Å²) in [5.41, 5.74) is 3.20. The van der Waals surface area contributed by atoms with Gasteiger partial charge in [-0.05, 0) is 83.3 Å². The molecule has 54 heavy (non-hydrogen) atoms. The maximum Gasteiger partial charge on any atom is 0.266 e. The molecule has 6 aromatic rings. The number of thioether (sulfide) groups is 1. The zero-order valence-corrected chi connectivity index (χ0v) is 30.4. The Morgan fingerprint density at radius 1 is 0.759 bits per heavy atom. The highest BCUT2D eigenvalue weighted by atomic mass is 35.5. The molecule has 5 aromatic carbocycles. The fraction of sp³-hybridized carbons (Fsp3) is 0.163. The SMILES string of the molecule is CCCCSc1ccc2c(c1)C(=O)C(c1ccc3c(CN4C(=O)c5cccc6cccc(c56)C4=O)ccc(N4C(=O)c5ccc(Cl)cc5C4=O)c3n1)C2O. The summed E-state index contributed by atoms with van der Waals surface area (Å²) in [5, 5.41) is 13.7. The molecule has 0 fully saturated rings. The molecule has 2 atom stereocenters. The highest BCUT2D eigenvalue weighted by Crippen LogP contribution is 2.45. The minimum Gasteiger partial charge on any atom is -0.387 e. The Morgan fingerprint density at radius 3 is 2.24 bits per heavy atom. The number of unbranched alkanes of at least 4 members (excludes halogenated alkanes) is 1. The summed E-state index contributed by atoms with van der Waals surface area (Å²) in [7, 11) is 0. The van der Waals surface area contributed by atoms with Crippen molar-refractivity contribution in [1.82, 2.24) is 9.88 Å². The Bertz CT molecular complexity index is 2630. The lowest BCUT2D eigenvalue weighted by molar-refractivity contribution is 0.0597. The summed E-state index contributed by atoms with van der Waals surface area (Å²) in [5.74, 6) is -2.49. The first-order chi connectivity index (χ1) is 26.2. The molecule has 3 heterocycles. The molecule has 0 saturated carbocycles. The number of Topliss-reactive ketones (excluding diaryl/α,β-unsaturated/α-hetero) is 1. The number of nitrogens with zero attached hydrogens (tertiary/aromatic N) is 3. The normalized spacial score (nSPS) is 17.6. The molecular formula is C43H30ClN3O6S. The van der Waals surface area contributed by atoms with E-state index >= 15 is 0 Å². The molecule has 1 aliphatic carbocycles. The van der Waals surface area contributed by atoms with Crippen molar-refractivity contribution in [3.8, 4) is 0 Å². The zero-order chi connectivity index (χ0) is 37.4. The number of aliphatic hydroxyl groups is 1. The van der Waals surface area contributed by atoms with Gasteiger partial charge in [-0.25, -0.2) is 9.88 Å². The number of aromatic nitrogens is 1. The molecule has 2 unspecified atom stereocenters. The molecular weight excluding hydrogens is 722 g/mol. The molecule has 266 valence electrons. The molecule has 0 saturated heterocycles. The lowest BCUT2D eigenvalue weighted by Crippen LogP contribution is -2.39. The van der Waals surface area contributed by atoms with Crippen molar-refractivity contribution in [2.75, 3.05) is 10.7 Å². The largest absolute Gasteiger partial charge is 0.387 e. The van der Waals surface area contributed by atoms with Gasteiger partial charge < -0.3 is 5.11 Å². The third-order valence-electron chi connectivity index (χ3n) is 10.5. The van der Waals surface area contributed by atoms with Crippen molar-refractivity contribution in [2.45, 2.75) is 43.2 Å². The number of hydrogen-bond donors (Lipinski definition) is 1. The standard InChI is InChI=1S/C43H30ClN3O6S/c1-2-3-18-54-25-12-14-27-31(20-25)39(49)36(38(27)48)33-16-15-26-23(21-46-40(50)29-8-4-6-22-7-5-9-30(35(22)29)41(46)51)10-17-34(37(26)45-33)47-42(52)28-13-11-24(44)19-32(28)43(47)53/h4-17,19-20,36,38,48H,2-3,18,21H2,1H3. The van der Waals surface area contributed by atoms with Gasteiger partial charge in [-0.15, -0.1) is 11.8 Å². The highest BCUT2D eigenvalue weighted by Gasteiger charge is 2.42. The number of ketones is 1. The summed E-state index contributed by atoms with van der Waals surface area (Å²) >= 11 is 7.87. The number of pyridine rings is 1. The maximum atomic E-state index is 14.0. The molecule has 9 nitrogen and oxygen atoms in total. The average molecular weight is 752 g/mol. The van der Waals surface area contributed by atoms with Crippen LogP contribution in [0.25, 0.3) is 21.7 Å². The molecule has 0 radical (unpaired) electrons. The third kappa shape index (κ3) is 5.20. The smallest absolute Gasteiger partial charge is 0.266 e. The van der Waals surface area contributed by atoms with Crippen LogP contribution in [0.1, 0.15) is 100 Å². The van der Waals surface area contributed by atoms with E-state index in [0.29, 0.717) is 43.6 Å². The molecule has 9 rings (SSSR count). The quantitative estimate of drug-likeness (QED) is 0.0932. The first-order valence-corrected chi connectivity index (χ1v) is 19.0. The number of carbonyl (C=O) groups is 5. The van der Waals surface area contributed by atoms with E-state index in [9.17, 15) is 29.1 Å². The summed E-state index contributed by atoms with van der Waals surface area (Å²) < 4.78 is 0. The van der Waals surface area contributed by atoms with Gasteiger partial charge in [0.05, 0.1) is 46.6 Å². The Morgan fingerprint density at radius 2 is 1.50 bits per heavy atom. The molecule has 4 amide bonds. The second kappa shape index (κ2) is 13.0. The second-order valence-corrected chi connectivity index (χ2v) is 15.3. The van der Waals surface area contributed by atoms with E-state index in [2.05, 4.69) is 6.92 Å². The second-order valence-electron chi connectivity index (χ2n) is 13.7. The van der Waals surface area contributed by atoms with Gasteiger partial charge in [-0.1, -0.05) is 67.4 Å². The monoisotopic (exact) mass is 751 g/mol. The first kappa shape index (κ1) is 34.1. The van der Waals surface area contributed by atoms with Crippen molar-refractivity contribution in [2.24, 2.45) is 0 Å². The number of aliphatic hydroxyl groups excluding tert-OH is 1. The lowest BCUT2D eigenvalue weighted by Gasteiger charge is -2.28. The van der Waals surface area contributed by atoms with Gasteiger partial charge in [0, 0.05) is 37.4 Å². The van der Waals surface area contributed by atoms with E-state index in [4.69, 9.17) is 16.6 Å². The topological polar surface area (TPSA) is 125 Å². The van der Waals surface area contributed by atoms with E-state index in [-0.39, 0.29) is 40.4 Å². The van der Waals surface area contributed by atoms with Crippen LogP contribution in [-0.4, -0.2) is 50.2 Å². The van der Waals surface area contributed by atoms with Gasteiger partial charge in [0.2, 0.25) is 0 Å². The number of imide groups is 2. The Hall–Kier alpha value is -5.68. The Balaban J connectivity index is 1.15. The van der Waals surface area contributed by atoms with Crippen LogP contribution >= 0.6 is 23.4 Å². The molecule has 0 bridgehead atoms. The zero-order valence-electron chi connectivity index (χ0n) is 28.8. The van der Waals surface area contributed by atoms with Crippen molar-refractivity contribution in [3.05, 3.63) is 147 Å². The fourth-order valence-electron chi connectivity index (χ4n) is 7.81. The average Bonchev–Trinajstić information content (AvgIpc) is 3.57. The number of fused-ring (bicyclic) bond motifs is 3. The lowest BCUT2D eigenvalue weighted by atomic mass is 9.93. The van der Waals surface area contributed by atoms with Gasteiger partial charge in [-0.2, -0.15) is 0 Å². The van der Waals surface area contributed by atoms with E-state index in [1.807, 2.05) is 24.3 Å². The van der Waals surface area contributed by atoms with Crippen molar-refractivity contribution in [3.63, 3.8) is 0 Å². The van der Waals surface area contributed by atoms with Crippen LogP contribution in [0.3, 0.4) is 0 Å². The molecule has 1 aromatic heterocycles. The van der Waals surface area contributed by atoms with E-state index < -0.39 is 35.7 Å². The predicted molar refractivity (Wildman–Crippen MR) is 207 cm³/mol. The number of carbonyl (C=O) groups excluding carboxylic acids is 5. The molecule has 0 spiro atoms.